The molecule has 1 aromatic carbocycles. The monoisotopic (exact) mass is 382 g/mol. The van der Waals surface area contributed by atoms with E-state index in [4.69, 9.17) is 4.74 Å². The van der Waals surface area contributed by atoms with Crippen molar-refractivity contribution in [2.24, 2.45) is 5.92 Å². The number of carbonyl (C=O) groups excluding carboxylic acids is 3. The van der Waals surface area contributed by atoms with Crippen molar-refractivity contribution in [1.82, 2.24) is 9.88 Å². The van der Waals surface area contributed by atoms with Crippen molar-refractivity contribution in [3.05, 3.63) is 58.4 Å². The van der Waals surface area contributed by atoms with Gasteiger partial charge in [-0.25, -0.2) is 4.79 Å². The zero-order valence-electron chi connectivity index (χ0n) is 16.7. The molecule has 1 N–H and O–H groups in total. The average molecular weight is 382 g/mol. The van der Waals surface area contributed by atoms with Gasteiger partial charge in [0.25, 0.3) is 5.91 Å². The lowest BCUT2D eigenvalue weighted by Gasteiger charge is -2.29. The number of nitrogens with one attached hydrogen (secondary N) is 1. The van der Waals surface area contributed by atoms with Gasteiger partial charge >= 0.3 is 5.97 Å². The number of H-pyrrole nitrogens is 1. The second-order valence-electron chi connectivity index (χ2n) is 7.42. The molecule has 1 heterocycles. The van der Waals surface area contributed by atoms with Crippen LogP contribution in [0, 0.1) is 19.8 Å². The van der Waals surface area contributed by atoms with E-state index in [0.29, 0.717) is 34.8 Å². The van der Waals surface area contributed by atoms with Gasteiger partial charge < -0.3 is 14.6 Å². The number of hydrogen-bond acceptors (Lipinski definition) is 4. The largest absolute Gasteiger partial charge is 0.464 e. The van der Waals surface area contributed by atoms with Gasteiger partial charge in [0.05, 0.1) is 13.2 Å². The zero-order valence-corrected chi connectivity index (χ0v) is 16.7. The van der Waals surface area contributed by atoms with Crippen molar-refractivity contribution in [3.63, 3.8) is 0 Å². The van der Waals surface area contributed by atoms with Gasteiger partial charge in [0, 0.05) is 23.4 Å². The lowest BCUT2D eigenvalue weighted by molar-refractivity contribution is 0.0592. The molecule has 1 atom stereocenters. The Morgan fingerprint density at radius 3 is 2.39 bits per heavy atom. The van der Waals surface area contributed by atoms with Crippen LogP contribution in [0.25, 0.3) is 0 Å². The van der Waals surface area contributed by atoms with Crippen LogP contribution in [0.1, 0.15) is 62.2 Å². The van der Waals surface area contributed by atoms with Crippen molar-refractivity contribution < 1.29 is 19.1 Å². The number of carbonyl (C=O) groups is 3. The topological polar surface area (TPSA) is 79.5 Å². The van der Waals surface area contributed by atoms with Crippen molar-refractivity contribution in [3.8, 4) is 0 Å². The summed E-state index contributed by atoms with van der Waals surface area (Å²) in [7, 11) is 1.30. The number of rotatable bonds is 7. The Bertz CT molecular complexity index is 897. The molecule has 1 unspecified atom stereocenters. The van der Waals surface area contributed by atoms with Gasteiger partial charge in [-0.2, -0.15) is 0 Å². The summed E-state index contributed by atoms with van der Waals surface area (Å²) in [5.74, 6) is -0.386. The molecule has 0 saturated heterocycles. The Labute approximate surface area is 164 Å². The second-order valence-corrected chi connectivity index (χ2v) is 7.42. The quantitative estimate of drug-likeness (QED) is 0.587. The predicted molar refractivity (Wildman–Crippen MR) is 106 cm³/mol. The maximum atomic E-state index is 13.3. The maximum absolute atomic E-state index is 13.3. The highest BCUT2D eigenvalue weighted by atomic mass is 16.5. The Kier molecular flexibility index (Phi) is 5.68. The molecular formula is C22H26N2O4. The number of nitrogens with zero attached hydrogens (tertiary/aromatic N) is 1. The number of aryl methyl sites for hydroxylation is 1. The highest BCUT2D eigenvalue weighted by molar-refractivity contribution is 6.07. The van der Waals surface area contributed by atoms with Crippen molar-refractivity contribution >= 4 is 17.7 Å². The number of amides is 1. The first kappa shape index (κ1) is 19.9. The standard InChI is InChI=1S/C22H26N2O4/c1-13-18(14(2)23-19(13)22(27)28-4)20(25)15(3)24(12-16-10-11-16)21(26)17-8-6-5-7-9-17/h5-9,15-16,23H,10-12H2,1-4H3. The van der Waals surface area contributed by atoms with E-state index in [9.17, 15) is 14.4 Å². The van der Waals surface area contributed by atoms with E-state index in [-0.39, 0.29) is 17.4 Å². The number of Topliss-reactive ketones (excluding diaryl/α,β-unsaturated/α-hetero) is 1. The van der Waals surface area contributed by atoms with E-state index in [1.165, 1.54) is 7.11 Å². The van der Waals surface area contributed by atoms with Crippen LogP contribution in [0.15, 0.2) is 30.3 Å². The normalized spacial score (nSPS) is 14.4. The minimum Gasteiger partial charge on any atom is -0.464 e. The number of aromatic amines is 1. The minimum atomic E-state index is -0.632. The van der Waals surface area contributed by atoms with Crippen LogP contribution < -0.4 is 0 Å². The summed E-state index contributed by atoms with van der Waals surface area (Å²) in [5, 5.41) is 0. The summed E-state index contributed by atoms with van der Waals surface area (Å²) in [5.41, 5.74) is 2.46. The zero-order chi connectivity index (χ0) is 20.4. The molecule has 1 aromatic heterocycles. The summed E-state index contributed by atoms with van der Waals surface area (Å²) in [6, 6.07) is 8.39. The lowest BCUT2D eigenvalue weighted by Crippen LogP contribution is -2.44. The summed E-state index contributed by atoms with van der Waals surface area (Å²) < 4.78 is 4.78. The molecule has 6 heteroatoms. The lowest BCUT2D eigenvalue weighted by atomic mass is 9.99. The van der Waals surface area contributed by atoms with Gasteiger partial charge in [0.2, 0.25) is 0 Å². The van der Waals surface area contributed by atoms with E-state index < -0.39 is 12.0 Å². The number of ether oxygens (including phenoxy) is 1. The number of aromatic nitrogens is 1. The molecule has 1 aliphatic carbocycles. The fraction of sp³-hybridized carbons (Fsp3) is 0.409. The molecule has 0 aliphatic heterocycles. The van der Waals surface area contributed by atoms with Crippen LogP contribution in [0.2, 0.25) is 0 Å². The molecule has 1 amide bonds. The Balaban J connectivity index is 1.91. The van der Waals surface area contributed by atoms with Crippen LogP contribution in [0.4, 0.5) is 0 Å². The third kappa shape index (κ3) is 3.86. The molecular weight excluding hydrogens is 356 g/mol. The molecule has 0 spiro atoms. The average Bonchev–Trinajstić information content (AvgIpc) is 3.48. The molecule has 1 aliphatic rings. The van der Waals surface area contributed by atoms with Crippen molar-refractivity contribution in [2.45, 2.75) is 39.7 Å². The van der Waals surface area contributed by atoms with Gasteiger partial charge in [-0.05, 0) is 57.2 Å². The van der Waals surface area contributed by atoms with Gasteiger partial charge in [-0.1, -0.05) is 18.2 Å². The molecule has 6 nitrogen and oxygen atoms in total. The summed E-state index contributed by atoms with van der Waals surface area (Å²) in [4.78, 5) is 43.0. The maximum Gasteiger partial charge on any atom is 0.354 e. The fourth-order valence-electron chi connectivity index (χ4n) is 3.52. The minimum absolute atomic E-state index is 0.146. The number of hydrogen-bond donors (Lipinski definition) is 1. The van der Waals surface area contributed by atoms with Crippen molar-refractivity contribution in [2.75, 3.05) is 13.7 Å². The Morgan fingerprint density at radius 1 is 1.18 bits per heavy atom. The number of esters is 1. The molecule has 0 radical (unpaired) electrons. The highest BCUT2D eigenvalue weighted by Crippen LogP contribution is 2.32. The molecule has 2 aromatic rings. The van der Waals surface area contributed by atoms with E-state index in [1.54, 1.807) is 37.8 Å². The van der Waals surface area contributed by atoms with Crippen LogP contribution in [0.3, 0.4) is 0 Å². The van der Waals surface area contributed by atoms with E-state index >= 15 is 0 Å². The molecule has 1 fully saturated rings. The van der Waals surface area contributed by atoms with Gasteiger partial charge in [-0.15, -0.1) is 0 Å². The predicted octanol–water partition coefficient (Wildman–Crippen LogP) is 3.54. The second kappa shape index (κ2) is 8.00. The smallest absolute Gasteiger partial charge is 0.354 e. The number of benzene rings is 1. The highest BCUT2D eigenvalue weighted by Gasteiger charge is 2.35. The molecule has 28 heavy (non-hydrogen) atoms. The molecule has 148 valence electrons. The molecule has 3 rings (SSSR count). The first-order valence-electron chi connectivity index (χ1n) is 9.52. The third-order valence-corrected chi connectivity index (χ3v) is 5.35. The van der Waals surface area contributed by atoms with Crippen LogP contribution >= 0.6 is 0 Å². The van der Waals surface area contributed by atoms with E-state index in [0.717, 1.165) is 12.8 Å². The summed E-state index contributed by atoms with van der Waals surface area (Å²) in [6.07, 6.45) is 2.16. The first-order valence-corrected chi connectivity index (χ1v) is 9.52. The summed E-state index contributed by atoms with van der Waals surface area (Å²) >= 11 is 0. The van der Waals surface area contributed by atoms with E-state index in [2.05, 4.69) is 4.98 Å². The molecule has 0 bridgehead atoms. The van der Waals surface area contributed by atoms with Crippen LogP contribution in [-0.4, -0.2) is 47.2 Å². The van der Waals surface area contributed by atoms with Crippen LogP contribution in [-0.2, 0) is 4.74 Å². The van der Waals surface area contributed by atoms with E-state index in [1.807, 2.05) is 18.2 Å². The summed E-state index contributed by atoms with van der Waals surface area (Å²) in [6.45, 7) is 5.80. The van der Waals surface area contributed by atoms with Gasteiger partial charge in [-0.3, -0.25) is 9.59 Å². The SMILES string of the molecule is COC(=O)c1[nH]c(C)c(C(=O)C(C)N(CC2CC2)C(=O)c2ccccc2)c1C. The van der Waals surface area contributed by atoms with Crippen molar-refractivity contribution in [1.29, 1.82) is 0 Å². The number of ketones is 1. The fourth-order valence-corrected chi connectivity index (χ4v) is 3.52. The third-order valence-electron chi connectivity index (χ3n) is 5.35. The Hall–Kier alpha value is -2.89. The first-order chi connectivity index (χ1) is 13.3. The van der Waals surface area contributed by atoms with Gasteiger partial charge in [0.1, 0.15) is 5.69 Å². The molecule has 1 saturated carbocycles. The van der Waals surface area contributed by atoms with Gasteiger partial charge in [0.15, 0.2) is 5.78 Å². The Morgan fingerprint density at radius 2 is 1.82 bits per heavy atom. The number of methoxy groups -OCH3 is 1. The van der Waals surface area contributed by atoms with Crippen LogP contribution in [0.5, 0.6) is 0 Å².